The SMILES string of the molecule is CCC(=O)NCC1CCCC(Br)C1. The van der Waals surface area contributed by atoms with Crippen LogP contribution in [0, 0.1) is 5.92 Å². The first-order chi connectivity index (χ1) is 6.22. The van der Waals surface area contributed by atoms with Gasteiger partial charge in [0.05, 0.1) is 0 Å². The van der Waals surface area contributed by atoms with Gasteiger partial charge in [-0.25, -0.2) is 0 Å². The van der Waals surface area contributed by atoms with Crippen molar-refractivity contribution in [2.24, 2.45) is 5.92 Å². The molecule has 1 amide bonds. The van der Waals surface area contributed by atoms with Crippen molar-refractivity contribution >= 4 is 21.8 Å². The van der Waals surface area contributed by atoms with E-state index < -0.39 is 0 Å². The van der Waals surface area contributed by atoms with E-state index in [0.717, 1.165) is 6.54 Å². The topological polar surface area (TPSA) is 29.1 Å². The van der Waals surface area contributed by atoms with Crippen molar-refractivity contribution in [3.63, 3.8) is 0 Å². The average Bonchev–Trinajstić information content (AvgIpc) is 2.14. The quantitative estimate of drug-likeness (QED) is 0.764. The van der Waals surface area contributed by atoms with Crippen molar-refractivity contribution in [1.29, 1.82) is 0 Å². The standard InChI is InChI=1S/C10H18BrNO/c1-2-10(13)12-7-8-4-3-5-9(11)6-8/h8-9H,2-7H2,1H3,(H,12,13). The largest absolute Gasteiger partial charge is 0.356 e. The highest BCUT2D eigenvalue weighted by atomic mass is 79.9. The number of hydrogen-bond acceptors (Lipinski definition) is 1. The average molecular weight is 248 g/mol. The third kappa shape index (κ3) is 4.12. The van der Waals surface area contributed by atoms with E-state index in [0.29, 0.717) is 17.2 Å². The first-order valence-corrected chi connectivity index (χ1v) is 6.04. The molecule has 1 aliphatic rings. The fourth-order valence-electron chi connectivity index (χ4n) is 1.79. The summed E-state index contributed by atoms with van der Waals surface area (Å²) >= 11 is 3.64. The lowest BCUT2D eigenvalue weighted by Crippen LogP contribution is -2.31. The summed E-state index contributed by atoms with van der Waals surface area (Å²) in [5, 5.41) is 2.96. The molecule has 0 bridgehead atoms. The molecule has 0 aromatic heterocycles. The van der Waals surface area contributed by atoms with Crippen LogP contribution in [-0.2, 0) is 4.79 Å². The number of hydrogen-bond donors (Lipinski definition) is 1. The lowest BCUT2D eigenvalue weighted by molar-refractivity contribution is -0.121. The fraction of sp³-hybridized carbons (Fsp3) is 0.900. The molecule has 1 fully saturated rings. The Morgan fingerprint density at radius 3 is 2.92 bits per heavy atom. The van der Waals surface area contributed by atoms with Gasteiger partial charge in [-0.3, -0.25) is 4.79 Å². The van der Waals surface area contributed by atoms with Gasteiger partial charge in [0.25, 0.3) is 0 Å². The van der Waals surface area contributed by atoms with Crippen LogP contribution in [0.25, 0.3) is 0 Å². The Hall–Kier alpha value is -0.0500. The second-order valence-corrected chi connectivity index (χ2v) is 5.08. The molecule has 0 aromatic rings. The maximum Gasteiger partial charge on any atom is 0.219 e. The van der Waals surface area contributed by atoms with Crippen LogP contribution < -0.4 is 5.32 Å². The number of carbonyl (C=O) groups excluding carboxylic acids is 1. The minimum Gasteiger partial charge on any atom is -0.356 e. The second kappa shape index (κ2) is 5.63. The first kappa shape index (κ1) is 11.0. The molecule has 0 saturated heterocycles. The molecule has 2 nitrogen and oxygen atoms in total. The van der Waals surface area contributed by atoms with Gasteiger partial charge in [-0.1, -0.05) is 29.3 Å². The van der Waals surface area contributed by atoms with E-state index >= 15 is 0 Å². The molecular weight excluding hydrogens is 230 g/mol. The number of halogens is 1. The lowest BCUT2D eigenvalue weighted by Gasteiger charge is -2.25. The smallest absolute Gasteiger partial charge is 0.219 e. The molecule has 3 heteroatoms. The monoisotopic (exact) mass is 247 g/mol. The van der Waals surface area contributed by atoms with E-state index in [4.69, 9.17) is 0 Å². The summed E-state index contributed by atoms with van der Waals surface area (Å²) in [6.45, 7) is 2.76. The zero-order chi connectivity index (χ0) is 9.68. The van der Waals surface area contributed by atoms with Gasteiger partial charge in [0.1, 0.15) is 0 Å². The summed E-state index contributed by atoms with van der Waals surface area (Å²) in [5.41, 5.74) is 0. The minimum atomic E-state index is 0.177. The summed E-state index contributed by atoms with van der Waals surface area (Å²) in [7, 11) is 0. The number of nitrogens with one attached hydrogen (secondary N) is 1. The summed E-state index contributed by atoms with van der Waals surface area (Å²) < 4.78 is 0. The molecule has 2 atom stereocenters. The highest BCUT2D eigenvalue weighted by Crippen LogP contribution is 2.28. The van der Waals surface area contributed by atoms with Crippen molar-refractivity contribution in [3.05, 3.63) is 0 Å². The Labute approximate surface area is 88.6 Å². The Bertz CT molecular complexity index is 172. The molecule has 1 rings (SSSR count). The molecule has 0 aliphatic heterocycles. The molecule has 0 spiro atoms. The van der Waals surface area contributed by atoms with Crippen LogP contribution in [-0.4, -0.2) is 17.3 Å². The third-order valence-electron chi connectivity index (χ3n) is 2.63. The van der Waals surface area contributed by atoms with Gasteiger partial charge in [-0.2, -0.15) is 0 Å². The Kier molecular flexibility index (Phi) is 4.78. The molecule has 13 heavy (non-hydrogen) atoms. The predicted octanol–water partition coefficient (Wildman–Crippen LogP) is 2.47. The van der Waals surface area contributed by atoms with Crippen LogP contribution in [0.3, 0.4) is 0 Å². The van der Waals surface area contributed by atoms with Crippen molar-refractivity contribution in [3.8, 4) is 0 Å². The van der Waals surface area contributed by atoms with Crippen LogP contribution in [0.2, 0.25) is 0 Å². The molecule has 0 aromatic carbocycles. The van der Waals surface area contributed by atoms with Gasteiger partial charge < -0.3 is 5.32 Å². The highest BCUT2D eigenvalue weighted by molar-refractivity contribution is 9.09. The van der Waals surface area contributed by atoms with Crippen molar-refractivity contribution < 1.29 is 4.79 Å². The molecule has 1 N–H and O–H groups in total. The van der Waals surface area contributed by atoms with Crippen molar-refractivity contribution in [2.45, 2.75) is 43.9 Å². The normalized spacial score (nSPS) is 28.5. The van der Waals surface area contributed by atoms with Crippen LogP contribution in [0.15, 0.2) is 0 Å². The van der Waals surface area contributed by atoms with Gasteiger partial charge in [0.2, 0.25) is 5.91 Å². The highest BCUT2D eigenvalue weighted by Gasteiger charge is 2.19. The molecule has 0 heterocycles. The zero-order valence-electron chi connectivity index (χ0n) is 8.18. The molecule has 2 unspecified atom stereocenters. The van der Waals surface area contributed by atoms with Crippen LogP contribution in [0.1, 0.15) is 39.0 Å². The number of carbonyl (C=O) groups is 1. The predicted molar refractivity (Wildman–Crippen MR) is 58.0 cm³/mol. The lowest BCUT2D eigenvalue weighted by atomic mass is 9.89. The second-order valence-electron chi connectivity index (χ2n) is 3.79. The summed E-state index contributed by atoms with van der Waals surface area (Å²) in [5.74, 6) is 0.866. The fourth-order valence-corrected chi connectivity index (χ4v) is 2.65. The molecular formula is C10H18BrNO. The Morgan fingerprint density at radius 2 is 2.31 bits per heavy atom. The summed E-state index contributed by atoms with van der Waals surface area (Å²) in [6, 6.07) is 0. The van der Waals surface area contributed by atoms with E-state index in [1.54, 1.807) is 0 Å². The van der Waals surface area contributed by atoms with Crippen molar-refractivity contribution in [1.82, 2.24) is 5.32 Å². The summed E-state index contributed by atoms with van der Waals surface area (Å²) in [4.78, 5) is 11.7. The van der Waals surface area contributed by atoms with E-state index in [9.17, 15) is 4.79 Å². The van der Waals surface area contributed by atoms with Crippen LogP contribution in [0.4, 0.5) is 0 Å². The number of amides is 1. The number of alkyl halides is 1. The summed E-state index contributed by atoms with van der Waals surface area (Å²) in [6.07, 6.45) is 5.67. The van der Waals surface area contributed by atoms with Gasteiger partial charge >= 0.3 is 0 Å². The molecule has 0 radical (unpaired) electrons. The van der Waals surface area contributed by atoms with E-state index in [1.165, 1.54) is 25.7 Å². The third-order valence-corrected chi connectivity index (χ3v) is 3.46. The number of rotatable bonds is 3. The maximum absolute atomic E-state index is 11.0. The van der Waals surface area contributed by atoms with Gasteiger partial charge in [0, 0.05) is 17.8 Å². The van der Waals surface area contributed by atoms with Gasteiger partial charge in [-0.15, -0.1) is 0 Å². The van der Waals surface area contributed by atoms with Gasteiger partial charge in [-0.05, 0) is 25.2 Å². The van der Waals surface area contributed by atoms with E-state index in [2.05, 4.69) is 21.2 Å². The molecule has 1 aliphatic carbocycles. The van der Waals surface area contributed by atoms with Gasteiger partial charge in [0.15, 0.2) is 0 Å². The van der Waals surface area contributed by atoms with E-state index in [1.807, 2.05) is 6.92 Å². The van der Waals surface area contributed by atoms with Crippen LogP contribution >= 0.6 is 15.9 Å². The van der Waals surface area contributed by atoms with Crippen molar-refractivity contribution in [2.75, 3.05) is 6.54 Å². The molecule has 1 saturated carbocycles. The minimum absolute atomic E-state index is 0.177. The Morgan fingerprint density at radius 1 is 1.54 bits per heavy atom. The molecule has 76 valence electrons. The van der Waals surface area contributed by atoms with Crippen LogP contribution in [0.5, 0.6) is 0 Å². The van der Waals surface area contributed by atoms with E-state index in [-0.39, 0.29) is 5.91 Å². The maximum atomic E-state index is 11.0. The zero-order valence-corrected chi connectivity index (χ0v) is 9.77. The first-order valence-electron chi connectivity index (χ1n) is 5.13. The Balaban J connectivity index is 2.17.